The lowest BCUT2D eigenvalue weighted by molar-refractivity contribution is 0.175. The van der Waals surface area contributed by atoms with Crippen LogP contribution in [0.15, 0.2) is 30.3 Å². The summed E-state index contributed by atoms with van der Waals surface area (Å²) in [6, 6.07) is 10.9. The molecular formula is C20H26O. The van der Waals surface area contributed by atoms with Crippen LogP contribution in [0.25, 0.3) is 0 Å². The summed E-state index contributed by atoms with van der Waals surface area (Å²) in [6.07, 6.45) is 1.12. The Kier molecular flexibility index (Phi) is 4.84. The third-order valence-electron chi connectivity index (χ3n) is 4.24. The predicted octanol–water partition coefficient (Wildman–Crippen LogP) is 4.37. The Morgan fingerprint density at radius 2 is 1.38 bits per heavy atom. The zero-order valence-corrected chi connectivity index (χ0v) is 13.8. The number of hydrogen-bond acceptors (Lipinski definition) is 1. The molecule has 21 heavy (non-hydrogen) atoms. The first-order valence-corrected chi connectivity index (χ1v) is 7.67. The van der Waals surface area contributed by atoms with Crippen LogP contribution in [0.1, 0.15) is 38.9 Å². The first-order valence-electron chi connectivity index (χ1n) is 7.67. The van der Waals surface area contributed by atoms with Crippen molar-refractivity contribution < 1.29 is 5.11 Å². The van der Waals surface area contributed by atoms with E-state index in [2.05, 4.69) is 65.0 Å². The fourth-order valence-electron chi connectivity index (χ4n) is 3.11. The summed E-state index contributed by atoms with van der Waals surface area (Å²) in [7, 11) is 0. The second kappa shape index (κ2) is 6.44. The number of hydrogen-bond donors (Lipinski definition) is 1. The molecule has 0 aliphatic carbocycles. The van der Waals surface area contributed by atoms with Crippen molar-refractivity contribution in [2.24, 2.45) is 0 Å². The van der Waals surface area contributed by atoms with E-state index in [0.717, 1.165) is 12.8 Å². The van der Waals surface area contributed by atoms with Gasteiger partial charge in [0.05, 0.1) is 6.10 Å². The van der Waals surface area contributed by atoms with Crippen LogP contribution < -0.4 is 0 Å². The average Bonchev–Trinajstić information content (AvgIpc) is 2.38. The van der Waals surface area contributed by atoms with Gasteiger partial charge >= 0.3 is 0 Å². The van der Waals surface area contributed by atoms with Gasteiger partial charge in [-0.15, -0.1) is 0 Å². The fourth-order valence-corrected chi connectivity index (χ4v) is 3.11. The molecule has 0 amide bonds. The molecule has 0 saturated carbocycles. The van der Waals surface area contributed by atoms with Crippen molar-refractivity contribution in [1.29, 1.82) is 0 Å². The molecule has 0 aliphatic rings. The Hall–Kier alpha value is -1.60. The van der Waals surface area contributed by atoms with Gasteiger partial charge in [0.2, 0.25) is 0 Å². The number of aliphatic hydroxyl groups is 1. The number of rotatable bonds is 4. The second-order valence-corrected chi connectivity index (χ2v) is 6.37. The summed E-state index contributed by atoms with van der Waals surface area (Å²) in [5, 5.41) is 10.5. The maximum Gasteiger partial charge on any atom is 0.0621 e. The van der Waals surface area contributed by atoms with Crippen LogP contribution in [-0.2, 0) is 12.8 Å². The zero-order valence-electron chi connectivity index (χ0n) is 13.8. The molecule has 1 unspecified atom stereocenters. The quantitative estimate of drug-likeness (QED) is 0.882. The Balaban J connectivity index is 2.15. The summed E-state index contributed by atoms with van der Waals surface area (Å²) in [6.45, 7) is 10.6. The van der Waals surface area contributed by atoms with E-state index >= 15 is 0 Å². The highest BCUT2D eigenvalue weighted by Gasteiger charge is 2.12. The molecule has 0 radical (unpaired) electrons. The molecule has 0 bridgehead atoms. The van der Waals surface area contributed by atoms with Crippen molar-refractivity contribution in [2.45, 2.75) is 53.6 Å². The molecule has 0 heterocycles. The van der Waals surface area contributed by atoms with Crippen molar-refractivity contribution in [2.75, 3.05) is 0 Å². The van der Waals surface area contributed by atoms with Crippen LogP contribution in [0.5, 0.6) is 0 Å². The van der Waals surface area contributed by atoms with Crippen molar-refractivity contribution >= 4 is 0 Å². The number of aliphatic hydroxyl groups excluding tert-OH is 1. The molecule has 0 spiro atoms. The van der Waals surface area contributed by atoms with Gasteiger partial charge < -0.3 is 5.11 Å². The molecule has 0 aromatic heterocycles. The molecule has 112 valence electrons. The van der Waals surface area contributed by atoms with Crippen LogP contribution >= 0.6 is 0 Å². The Morgan fingerprint density at radius 3 is 2.00 bits per heavy atom. The van der Waals surface area contributed by atoms with Gasteiger partial charge in [-0.2, -0.15) is 0 Å². The maximum absolute atomic E-state index is 10.5. The minimum absolute atomic E-state index is 0.328. The first kappa shape index (κ1) is 15.8. The number of aryl methyl sites for hydroxylation is 5. The van der Waals surface area contributed by atoms with Gasteiger partial charge in [0, 0.05) is 0 Å². The van der Waals surface area contributed by atoms with Crippen LogP contribution in [0.3, 0.4) is 0 Å². The van der Waals surface area contributed by atoms with Crippen molar-refractivity contribution in [3.63, 3.8) is 0 Å². The normalized spacial score (nSPS) is 12.5. The van der Waals surface area contributed by atoms with E-state index < -0.39 is 0 Å². The van der Waals surface area contributed by atoms with E-state index in [-0.39, 0.29) is 6.10 Å². The summed E-state index contributed by atoms with van der Waals surface area (Å²) in [5.74, 6) is 0. The average molecular weight is 282 g/mol. The maximum atomic E-state index is 10.5. The lowest BCUT2D eigenvalue weighted by atomic mass is 9.92. The van der Waals surface area contributed by atoms with Gasteiger partial charge in [0.1, 0.15) is 0 Å². The van der Waals surface area contributed by atoms with Crippen LogP contribution in [0, 0.1) is 34.6 Å². The Morgan fingerprint density at radius 1 is 0.762 bits per heavy atom. The fraction of sp³-hybridized carbons (Fsp3) is 0.400. The van der Waals surface area contributed by atoms with Crippen molar-refractivity contribution in [3.8, 4) is 0 Å². The highest BCUT2D eigenvalue weighted by molar-refractivity contribution is 5.38. The highest BCUT2D eigenvalue weighted by Crippen LogP contribution is 2.20. The molecule has 1 N–H and O–H groups in total. The van der Waals surface area contributed by atoms with Gasteiger partial charge in [-0.25, -0.2) is 0 Å². The van der Waals surface area contributed by atoms with Gasteiger partial charge in [-0.3, -0.25) is 0 Å². The van der Waals surface area contributed by atoms with E-state index in [4.69, 9.17) is 0 Å². The third-order valence-corrected chi connectivity index (χ3v) is 4.24. The second-order valence-electron chi connectivity index (χ2n) is 6.37. The third kappa shape index (κ3) is 3.95. The van der Waals surface area contributed by atoms with Crippen LogP contribution in [0.4, 0.5) is 0 Å². The minimum atomic E-state index is -0.328. The molecule has 1 atom stereocenters. The largest absolute Gasteiger partial charge is 0.392 e. The Bertz CT molecular complexity index is 617. The molecule has 0 fully saturated rings. The molecule has 0 aliphatic heterocycles. The van der Waals surface area contributed by atoms with E-state index in [9.17, 15) is 5.11 Å². The molecular weight excluding hydrogens is 256 g/mol. The summed E-state index contributed by atoms with van der Waals surface area (Å²) < 4.78 is 0. The predicted molar refractivity (Wildman–Crippen MR) is 90.0 cm³/mol. The van der Waals surface area contributed by atoms with Gasteiger partial charge in [-0.1, -0.05) is 41.5 Å². The number of benzene rings is 2. The standard InChI is InChI=1S/C20H26O/c1-13-6-7-15(3)18(10-13)11-19(21)12-20-16(4)8-14(2)9-17(20)5/h6-10,19,21H,11-12H2,1-5H3. The molecule has 2 rings (SSSR count). The smallest absolute Gasteiger partial charge is 0.0621 e. The topological polar surface area (TPSA) is 20.2 Å². The molecule has 2 aromatic carbocycles. The Labute approximate surface area is 128 Å². The van der Waals surface area contributed by atoms with E-state index in [1.165, 1.54) is 38.9 Å². The highest BCUT2D eigenvalue weighted by atomic mass is 16.3. The van der Waals surface area contributed by atoms with E-state index in [1.807, 2.05) is 0 Å². The minimum Gasteiger partial charge on any atom is -0.392 e. The summed E-state index contributed by atoms with van der Waals surface area (Å²) >= 11 is 0. The molecule has 0 saturated heterocycles. The van der Waals surface area contributed by atoms with Gasteiger partial charge in [0.25, 0.3) is 0 Å². The van der Waals surface area contributed by atoms with Crippen molar-refractivity contribution in [3.05, 3.63) is 69.3 Å². The lowest BCUT2D eigenvalue weighted by Gasteiger charge is -2.17. The van der Waals surface area contributed by atoms with Gasteiger partial charge in [0.15, 0.2) is 0 Å². The van der Waals surface area contributed by atoms with E-state index in [0.29, 0.717) is 0 Å². The summed E-state index contributed by atoms with van der Waals surface area (Å²) in [4.78, 5) is 0. The van der Waals surface area contributed by atoms with Gasteiger partial charge in [-0.05, 0) is 75.3 Å². The zero-order chi connectivity index (χ0) is 15.6. The van der Waals surface area contributed by atoms with Crippen molar-refractivity contribution in [1.82, 2.24) is 0 Å². The van der Waals surface area contributed by atoms with Crippen LogP contribution in [0.2, 0.25) is 0 Å². The van der Waals surface area contributed by atoms with E-state index in [1.54, 1.807) is 0 Å². The molecule has 1 heteroatoms. The SMILES string of the molecule is Cc1cc(C)c(CC(O)Cc2cc(C)ccc2C)c(C)c1. The molecule has 2 aromatic rings. The summed E-state index contributed by atoms with van der Waals surface area (Å²) in [5.41, 5.74) is 8.92. The first-order chi connectivity index (χ1) is 9.86. The molecule has 1 nitrogen and oxygen atoms in total. The van der Waals surface area contributed by atoms with Crippen LogP contribution in [-0.4, -0.2) is 11.2 Å². The monoisotopic (exact) mass is 282 g/mol. The lowest BCUT2D eigenvalue weighted by Crippen LogP contribution is -2.16.